The number of hydrogen-bond acceptors (Lipinski definition) is 5. The van der Waals surface area contributed by atoms with Crippen LogP contribution in [0.2, 0.25) is 5.02 Å². The molecule has 0 aromatic heterocycles. The Morgan fingerprint density at radius 2 is 1.96 bits per heavy atom. The minimum absolute atomic E-state index is 0.0136. The number of ether oxygens (including phenoxy) is 1. The topological polar surface area (TPSA) is 80.2 Å². The van der Waals surface area contributed by atoms with Gasteiger partial charge in [0.1, 0.15) is 5.75 Å². The molecule has 0 bridgehead atoms. The summed E-state index contributed by atoms with van der Waals surface area (Å²) in [6.45, 7) is 3.87. The standard InChI is InChI=1S/C20H19ClN2O4/c1-13(2)27-18-9-8-16(11-17(18)21)20(22-12-26-23-20)15-6-3-14(4-7-15)5-10-19(24)25/h3-13,23H,1-2H3,(H,24,25). The molecule has 0 spiro atoms. The highest BCUT2D eigenvalue weighted by atomic mass is 35.5. The third-order valence-electron chi connectivity index (χ3n) is 3.96. The Hall–Kier alpha value is -2.83. The van der Waals surface area contributed by atoms with E-state index in [1.165, 1.54) is 12.5 Å². The molecule has 0 fully saturated rings. The highest BCUT2D eigenvalue weighted by Gasteiger charge is 2.38. The molecule has 1 aliphatic heterocycles. The lowest BCUT2D eigenvalue weighted by molar-refractivity contribution is -0.131. The molecule has 0 radical (unpaired) electrons. The summed E-state index contributed by atoms with van der Waals surface area (Å²) in [5.41, 5.74) is 4.34. The van der Waals surface area contributed by atoms with Crippen molar-refractivity contribution in [1.82, 2.24) is 5.48 Å². The number of benzene rings is 2. The normalized spacial score (nSPS) is 18.8. The zero-order valence-corrected chi connectivity index (χ0v) is 15.6. The molecule has 1 aliphatic rings. The molecule has 1 heterocycles. The third-order valence-corrected chi connectivity index (χ3v) is 4.26. The van der Waals surface area contributed by atoms with E-state index < -0.39 is 11.6 Å². The summed E-state index contributed by atoms with van der Waals surface area (Å²) in [5, 5.41) is 9.22. The van der Waals surface area contributed by atoms with Crippen LogP contribution in [-0.2, 0) is 15.3 Å². The van der Waals surface area contributed by atoms with Crippen molar-refractivity contribution in [2.75, 3.05) is 0 Å². The zero-order valence-electron chi connectivity index (χ0n) is 14.8. The largest absolute Gasteiger partial charge is 0.489 e. The van der Waals surface area contributed by atoms with E-state index in [-0.39, 0.29) is 6.10 Å². The molecule has 7 heteroatoms. The number of aliphatic imine (C=N–C) groups is 1. The van der Waals surface area contributed by atoms with Gasteiger partial charge in [-0.3, -0.25) is 0 Å². The van der Waals surface area contributed by atoms with E-state index in [1.807, 2.05) is 44.2 Å². The second kappa shape index (κ2) is 7.82. The molecule has 0 amide bonds. The number of aliphatic carboxylic acids is 1. The number of nitrogens with one attached hydrogen (secondary N) is 1. The van der Waals surface area contributed by atoms with E-state index in [0.717, 1.165) is 22.8 Å². The van der Waals surface area contributed by atoms with Gasteiger partial charge in [-0.25, -0.2) is 9.79 Å². The molecular weight excluding hydrogens is 368 g/mol. The Morgan fingerprint density at radius 1 is 1.26 bits per heavy atom. The smallest absolute Gasteiger partial charge is 0.328 e. The number of hydroxylamine groups is 1. The first kappa shape index (κ1) is 18.9. The van der Waals surface area contributed by atoms with Gasteiger partial charge in [-0.15, -0.1) is 5.48 Å². The molecule has 0 saturated carbocycles. The third kappa shape index (κ3) is 4.13. The maximum Gasteiger partial charge on any atom is 0.328 e. The van der Waals surface area contributed by atoms with Gasteiger partial charge in [0.05, 0.1) is 11.1 Å². The molecule has 2 aromatic rings. The summed E-state index contributed by atoms with van der Waals surface area (Å²) >= 11 is 6.39. The van der Waals surface area contributed by atoms with Crippen LogP contribution in [0.5, 0.6) is 5.75 Å². The summed E-state index contributed by atoms with van der Waals surface area (Å²) in [5.74, 6) is -0.396. The van der Waals surface area contributed by atoms with Gasteiger partial charge in [-0.05, 0) is 37.6 Å². The van der Waals surface area contributed by atoms with Crippen LogP contribution in [-0.4, -0.2) is 23.6 Å². The molecule has 27 heavy (non-hydrogen) atoms. The van der Waals surface area contributed by atoms with Crippen LogP contribution >= 0.6 is 11.6 Å². The van der Waals surface area contributed by atoms with Crippen molar-refractivity contribution >= 4 is 30.0 Å². The highest BCUT2D eigenvalue weighted by molar-refractivity contribution is 6.32. The first-order valence-corrected chi connectivity index (χ1v) is 8.73. The average Bonchev–Trinajstić information content (AvgIpc) is 3.13. The predicted octanol–water partition coefficient (Wildman–Crippen LogP) is 3.99. The van der Waals surface area contributed by atoms with Crippen LogP contribution in [0.25, 0.3) is 6.08 Å². The molecular formula is C20H19ClN2O4. The van der Waals surface area contributed by atoms with Gasteiger partial charge in [-0.1, -0.05) is 41.9 Å². The molecule has 1 unspecified atom stereocenters. The van der Waals surface area contributed by atoms with Crippen molar-refractivity contribution in [2.24, 2.45) is 4.99 Å². The van der Waals surface area contributed by atoms with Gasteiger partial charge in [0.15, 0.2) is 12.1 Å². The van der Waals surface area contributed by atoms with Crippen LogP contribution in [0.3, 0.4) is 0 Å². The number of hydrogen-bond donors (Lipinski definition) is 2. The SMILES string of the molecule is CC(C)Oc1ccc(C2(c3ccc(C=CC(=O)O)cc3)N=CON2)cc1Cl. The van der Waals surface area contributed by atoms with Crippen molar-refractivity contribution in [3.63, 3.8) is 0 Å². The summed E-state index contributed by atoms with van der Waals surface area (Å²) < 4.78 is 5.69. The van der Waals surface area contributed by atoms with Crippen LogP contribution in [0.4, 0.5) is 0 Å². The van der Waals surface area contributed by atoms with E-state index in [4.69, 9.17) is 26.3 Å². The van der Waals surface area contributed by atoms with Crippen molar-refractivity contribution in [1.29, 1.82) is 0 Å². The number of carboxylic acids is 1. The van der Waals surface area contributed by atoms with Crippen molar-refractivity contribution < 1.29 is 19.5 Å². The second-order valence-electron chi connectivity index (χ2n) is 6.27. The molecule has 6 nitrogen and oxygen atoms in total. The van der Waals surface area contributed by atoms with E-state index in [9.17, 15) is 4.79 Å². The van der Waals surface area contributed by atoms with E-state index >= 15 is 0 Å². The van der Waals surface area contributed by atoms with Crippen LogP contribution < -0.4 is 10.2 Å². The minimum atomic E-state index is -0.996. The quantitative estimate of drug-likeness (QED) is 0.734. The highest BCUT2D eigenvalue weighted by Crippen LogP contribution is 2.37. The maximum absolute atomic E-state index is 10.7. The van der Waals surface area contributed by atoms with Gasteiger partial charge in [0, 0.05) is 17.2 Å². The lowest BCUT2D eigenvalue weighted by Crippen LogP contribution is -2.37. The Bertz CT molecular complexity index is 893. The van der Waals surface area contributed by atoms with Crippen molar-refractivity contribution in [3.8, 4) is 5.75 Å². The summed E-state index contributed by atoms with van der Waals surface area (Å²) in [7, 11) is 0. The van der Waals surface area contributed by atoms with E-state index in [2.05, 4.69) is 10.5 Å². The second-order valence-corrected chi connectivity index (χ2v) is 6.68. The van der Waals surface area contributed by atoms with Gasteiger partial charge in [-0.2, -0.15) is 0 Å². The maximum atomic E-state index is 10.7. The molecule has 140 valence electrons. The summed E-state index contributed by atoms with van der Waals surface area (Å²) in [6.07, 6.45) is 3.97. The Labute approximate surface area is 162 Å². The monoisotopic (exact) mass is 386 g/mol. The van der Waals surface area contributed by atoms with Gasteiger partial charge in [0.2, 0.25) is 0 Å². The number of rotatable bonds is 6. The lowest BCUT2D eigenvalue weighted by Gasteiger charge is -2.26. The molecule has 2 aromatic carbocycles. The molecule has 0 saturated heterocycles. The van der Waals surface area contributed by atoms with Crippen molar-refractivity contribution in [3.05, 3.63) is 70.3 Å². The van der Waals surface area contributed by atoms with Crippen LogP contribution in [0.15, 0.2) is 53.5 Å². The van der Waals surface area contributed by atoms with Crippen LogP contribution in [0.1, 0.15) is 30.5 Å². The first-order chi connectivity index (χ1) is 12.9. The Morgan fingerprint density at radius 3 is 2.52 bits per heavy atom. The first-order valence-electron chi connectivity index (χ1n) is 8.35. The fourth-order valence-corrected chi connectivity index (χ4v) is 2.98. The Balaban J connectivity index is 1.96. The number of nitrogens with zero attached hydrogens (tertiary/aromatic N) is 1. The lowest BCUT2D eigenvalue weighted by atomic mass is 9.91. The van der Waals surface area contributed by atoms with Gasteiger partial charge < -0.3 is 14.7 Å². The molecule has 1 atom stereocenters. The molecule has 2 N–H and O–H groups in total. The fourth-order valence-electron chi connectivity index (χ4n) is 2.76. The predicted molar refractivity (Wildman–Crippen MR) is 104 cm³/mol. The number of carboxylic acid groups (broad SMARTS) is 1. The minimum Gasteiger partial charge on any atom is -0.489 e. The van der Waals surface area contributed by atoms with E-state index in [1.54, 1.807) is 12.1 Å². The van der Waals surface area contributed by atoms with Crippen LogP contribution in [0, 0.1) is 0 Å². The molecule has 3 rings (SSSR count). The van der Waals surface area contributed by atoms with E-state index in [0.29, 0.717) is 10.8 Å². The van der Waals surface area contributed by atoms with Gasteiger partial charge >= 0.3 is 5.97 Å². The summed E-state index contributed by atoms with van der Waals surface area (Å²) in [6, 6.07) is 12.8. The van der Waals surface area contributed by atoms with Gasteiger partial charge in [0.25, 0.3) is 0 Å². The average molecular weight is 387 g/mol. The number of carbonyl (C=O) groups is 1. The molecule has 0 aliphatic carbocycles. The fraction of sp³-hybridized carbons (Fsp3) is 0.200. The van der Waals surface area contributed by atoms with Crippen molar-refractivity contribution in [2.45, 2.75) is 25.6 Å². The zero-order chi connectivity index (χ0) is 19.4. The summed E-state index contributed by atoms with van der Waals surface area (Å²) in [4.78, 5) is 20.3. The Kier molecular flexibility index (Phi) is 5.48. The number of halogens is 1.